The second-order valence-electron chi connectivity index (χ2n) is 5.78. The van der Waals surface area contributed by atoms with Gasteiger partial charge >= 0.3 is 5.97 Å². The molecule has 1 aromatic carbocycles. The summed E-state index contributed by atoms with van der Waals surface area (Å²) in [4.78, 5) is 35.5. The SMILES string of the molecule is CC1CCN(C(=O)Cc2ccc([N+](=O)[O-])cc2Br)C(C(=O)O)C1. The highest BCUT2D eigenvalue weighted by Gasteiger charge is 2.34. The second kappa shape index (κ2) is 7.08. The number of carbonyl (C=O) groups is 2. The number of carboxylic acids is 1. The number of benzene rings is 1. The Morgan fingerprint density at radius 2 is 2.17 bits per heavy atom. The van der Waals surface area contributed by atoms with Crippen LogP contribution in [-0.4, -0.2) is 39.4 Å². The lowest BCUT2D eigenvalue weighted by molar-refractivity contribution is -0.384. The molecular weight excluding hydrogens is 368 g/mol. The zero-order chi connectivity index (χ0) is 17.1. The van der Waals surface area contributed by atoms with Crippen LogP contribution in [0.4, 0.5) is 5.69 Å². The third kappa shape index (κ3) is 4.07. The highest BCUT2D eigenvalue weighted by atomic mass is 79.9. The predicted molar refractivity (Wildman–Crippen MR) is 86.0 cm³/mol. The fourth-order valence-electron chi connectivity index (χ4n) is 2.73. The van der Waals surface area contributed by atoms with Gasteiger partial charge in [0.1, 0.15) is 6.04 Å². The van der Waals surface area contributed by atoms with Gasteiger partial charge in [0.05, 0.1) is 11.3 Å². The lowest BCUT2D eigenvalue weighted by atomic mass is 9.92. The molecule has 1 aliphatic rings. The van der Waals surface area contributed by atoms with Crippen LogP contribution in [0.15, 0.2) is 22.7 Å². The van der Waals surface area contributed by atoms with E-state index in [1.54, 1.807) is 0 Å². The Balaban J connectivity index is 2.14. The number of nitro benzene ring substituents is 1. The first-order valence-corrected chi connectivity index (χ1v) is 8.04. The molecule has 2 atom stereocenters. The van der Waals surface area contributed by atoms with Gasteiger partial charge in [-0.2, -0.15) is 0 Å². The maximum atomic E-state index is 12.5. The lowest BCUT2D eigenvalue weighted by Gasteiger charge is -2.36. The summed E-state index contributed by atoms with van der Waals surface area (Å²) in [6.07, 6.45) is 1.23. The Bertz CT molecular complexity index is 649. The smallest absolute Gasteiger partial charge is 0.326 e. The fraction of sp³-hybridized carbons (Fsp3) is 0.467. The van der Waals surface area contributed by atoms with E-state index in [-0.39, 0.29) is 23.9 Å². The zero-order valence-electron chi connectivity index (χ0n) is 12.6. The van der Waals surface area contributed by atoms with Crippen LogP contribution >= 0.6 is 15.9 Å². The average molecular weight is 385 g/mol. The average Bonchev–Trinajstić information content (AvgIpc) is 2.48. The molecule has 0 aliphatic carbocycles. The highest BCUT2D eigenvalue weighted by Crippen LogP contribution is 2.26. The largest absolute Gasteiger partial charge is 0.480 e. The Labute approximate surface area is 141 Å². The molecule has 0 radical (unpaired) electrons. The van der Waals surface area contributed by atoms with Crippen molar-refractivity contribution in [3.05, 3.63) is 38.3 Å². The number of likely N-dealkylation sites (tertiary alicyclic amines) is 1. The minimum atomic E-state index is -0.993. The monoisotopic (exact) mass is 384 g/mol. The Hall–Kier alpha value is -1.96. The van der Waals surface area contributed by atoms with Crippen LogP contribution in [0.1, 0.15) is 25.3 Å². The molecule has 1 heterocycles. The summed E-state index contributed by atoms with van der Waals surface area (Å²) in [6.45, 7) is 2.40. The molecule has 0 bridgehead atoms. The molecule has 1 amide bonds. The molecule has 1 N–H and O–H groups in total. The number of carbonyl (C=O) groups excluding carboxylic acids is 1. The molecule has 0 aromatic heterocycles. The number of non-ortho nitro benzene ring substituents is 1. The van der Waals surface area contributed by atoms with E-state index in [1.807, 2.05) is 6.92 Å². The van der Waals surface area contributed by atoms with Crippen molar-refractivity contribution in [2.75, 3.05) is 6.54 Å². The van der Waals surface area contributed by atoms with Gasteiger partial charge in [-0.3, -0.25) is 14.9 Å². The lowest BCUT2D eigenvalue weighted by Crippen LogP contribution is -2.50. The maximum absolute atomic E-state index is 12.5. The molecule has 1 saturated heterocycles. The van der Waals surface area contributed by atoms with Gasteiger partial charge < -0.3 is 10.0 Å². The maximum Gasteiger partial charge on any atom is 0.326 e. The summed E-state index contributed by atoms with van der Waals surface area (Å²) in [5.74, 6) is -1.00. The van der Waals surface area contributed by atoms with Gasteiger partial charge in [0, 0.05) is 23.2 Å². The summed E-state index contributed by atoms with van der Waals surface area (Å²) in [5.41, 5.74) is 0.534. The Kier molecular flexibility index (Phi) is 5.35. The fourth-order valence-corrected chi connectivity index (χ4v) is 3.24. The second-order valence-corrected chi connectivity index (χ2v) is 6.63. The van der Waals surface area contributed by atoms with E-state index in [9.17, 15) is 24.8 Å². The molecule has 0 saturated carbocycles. The first-order valence-electron chi connectivity index (χ1n) is 7.24. The van der Waals surface area contributed by atoms with Crippen molar-refractivity contribution >= 4 is 33.5 Å². The molecule has 8 heteroatoms. The van der Waals surface area contributed by atoms with Crippen LogP contribution in [0.25, 0.3) is 0 Å². The van der Waals surface area contributed by atoms with Gasteiger partial charge in [-0.15, -0.1) is 0 Å². The molecule has 23 heavy (non-hydrogen) atoms. The van der Waals surface area contributed by atoms with Crippen molar-refractivity contribution in [3.8, 4) is 0 Å². The summed E-state index contributed by atoms with van der Waals surface area (Å²) < 4.78 is 0.470. The number of amides is 1. The molecule has 124 valence electrons. The highest BCUT2D eigenvalue weighted by molar-refractivity contribution is 9.10. The van der Waals surface area contributed by atoms with Gasteiger partial charge in [0.2, 0.25) is 5.91 Å². The van der Waals surface area contributed by atoms with Crippen LogP contribution < -0.4 is 0 Å². The first kappa shape index (κ1) is 17.4. The van der Waals surface area contributed by atoms with E-state index in [1.165, 1.54) is 23.1 Å². The third-order valence-corrected chi connectivity index (χ3v) is 4.80. The van der Waals surface area contributed by atoms with E-state index < -0.39 is 16.9 Å². The number of hydrogen-bond donors (Lipinski definition) is 1. The number of rotatable bonds is 4. The van der Waals surface area contributed by atoms with Crippen molar-refractivity contribution in [1.29, 1.82) is 0 Å². The van der Waals surface area contributed by atoms with Crippen molar-refractivity contribution in [2.45, 2.75) is 32.2 Å². The summed E-state index contributed by atoms with van der Waals surface area (Å²) in [7, 11) is 0. The number of nitro groups is 1. The van der Waals surface area contributed by atoms with Crippen LogP contribution in [0.5, 0.6) is 0 Å². The summed E-state index contributed by atoms with van der Waals surface area (Å²) >= 11 is 3.23. The van der Waals surface area contributed by atoms with E-state index >= 15 is 0 Å². The predicted octanol–water partition coefficient (Wildman–Crippen LogP) is 2.61. The number of hydrogen-bond acceptors (Lipinski definition) is 4. The van der Waals surface area contributed by atoms with E-state index in [2.05, 4.69) is 15.9 Å². The van der Waals surface area contributed by atoms with Crippen molar-refractivity contribution in [1.82, 2.24) is 4.90 Å². The van der Waals surface area contributed by atoms with Crippen molar-refractivity contribution in [2.24, 2.45) is 5.92 Å². The minimum absolute atomic E-state index is 0.0107. The molecule has 7 nitrogen and oxygen atoms in total. The summed E-state index contributed by atoms with van der Waals surface area (Å²) in [5, 5.41) is 20.0. The van der Waals surface area contributed by atoms with Gasteiger partial charge in [0.25, 0.3) is 5.69 Å². The van der Waals surface area contributed by atoms with E-state index in [0.29, 0.717) is 23.0 Å². The number of aliphatic carboxylic acids is 1. The molecule has 2 unspecified atom stereocenters. The van der Waals surface area contributed by atoms with Gasteiger partial charge in [0.15, 0.2) is 0 Å². The van der Waals surface area contributed by atoms with Gasteiger partial charge in [-0.05, 0) is 24.3 Å². The minimum Gasteiger partial charge on any atom is -0.480 e. The van der Waals surface area contributed by atoms with Crippen LogP contribution in [0, 0.1) is 16.0 Å². The van der Waals surface area contributed by atoms with Gasteiger partial charge in [-0.1, -0.05) is 28.9 Å². The zero-order valence-corrected chi connectivity index (χ0v) is 14.2. The van der Waals surface area contributed by atoms with Gasteiger partial charge in [-0.25, -0.2) is 4.79 Å². The first-order chi connectivity index (χ1) is 10.8. The quantitative estimate of drug-likeness (QED) is 0.634. The number of carboxylic acid groups (broad SMARTS) is 1. The molecule has 2 rings (SSSR count). The van der Waals surface area contributed by atoms with E-state index in [0.717, 1.165) is 6.42 Å². The van der Waals surface area contributed by atoms with E-state index in [4.69, 9.17) is 0 Å². The molecule has 0 spiro atoms. The molecular formula is C15H17BrN2O5. The normalized spacial score (nSPS) is 21.0. The third-order valence-electron chi connectivity index (χ3n) is 4.06. The number of halogens is 1. The standard InChI is InChI=1S/C15H17BrN2O5/c1-9-4-5-17(13(6-9)15(20)21)14(19)7-10-2-3-11(18(22)23)8-12(10)16/h2-3,8-9,13H,4-7H2,1H3,(H,20,21). The van der Waals surface area contributed by atoms with Crippen LogP contribution in [-0.2, 0) is 16.0 Å². The van der Waals surface area contributed by atoms with Crippen molar-refractivity contribution < 1.29 is 19.6 Å². The molecule has 1 aliphatic heterocycles. The topological polar surface area (TPSA) is 101 Å². The van der Waals surface area contributed by atoms with Crippen LogP contribution in [0.2, 0.25) is 0 Å². The summed E-state index contributed by atoms with van der Waals surface area (Å²) in [6, 6.07) is 3.39. The number of nitrogens with zero attached hydrogens (tertiary/aromatic N) is 2. The van der Waals surface area contributed by atoms with Crippen LogP contribution in [0.3, 0.4) is 0 Å². The molecule has 1 aromatic rings. The Morgan fingerprint density at radius 3 is 2.74 bits per heavy atom. The Morgan fingerprint density at radius 1 is 1.48 bits per heavy atom. The van der Waals surface area contributed by atoms with Crippen molar-refractivity contribution in [3.63, 3.8) is 0 Å². The molecule has 1 fully saturated rings. The number of piperidine rings is 1.